The van der Waals surface area contributed by atoms with Gasteiger partial charge in [0.15, 0.2) is 0 Å². The van der Waals surface area contributed by atoms with Crippen molar-refractivity contribution in [2.45, 2.75) is 37.6 Å². The van der Waals surface area contributed by atoms with Crippen molar-refractivity contribution in [1.82, 2.24) is 25.0 Å². The van der Waals surface area contributed by atoms with Gasteiger partial charge >= 0.3 is 0 Å². The predicted octanol–water partition coefficient (Wildman–Crippen LogP) is 4.47. The number of nitrogens with zero attached hydrogens (tertiary/aromatic N) is 6. The molecular weight excluding hydrogens is 458 g/mol. The number of hydrogen-bond acceptors (Lipinski definition) is 8. The van der Waals surface area contributed by atoms with E-state index in [9.17, 15) is 13.6 Å². The van der Waals surface area contributed by atoms with E-state index in [1.54, 1.807) is 22.7 Å². The zero-order valence-electron chi connectivity index (χ0n) is 18.6. The van der Waals surface area contributed by atoms with Gasteiger partial charge in [-0.05, 0) is 36.2 Å². The third-order valence-electron chi connectivity index (χ3n) is 6.33. The fraction of sp³-hybridized carbons (Fsp3) is 0.304. The second kappa shape index (κ2) is 7.93. The van der Waals surface area contributed by atoms with Crippen LogP contribution in [-0.2, 0) is 0 Å². The summed E-state index contributed by atoms with van der Waals surface area (Å²) in [6.45, 7) is 2.48. The van der Waals surface area contributed by atoms with E-state index in [1.807, 2.05) is 25.1 Å². The fourth-order valence-corrected chi connectivity index (χ4v) is 4.27. The van der Waals surface area contributed by atoms with Gasteiger partial charge in [-0.3, -0.25) is 14.6 Å². The molecule has 1 unspecified atom stereocenters. The maximum absolute atomic E-state index is 13.2. The van der Waals surface area contributed by atoms with Crippen molar-refractivity contribution in [2.75, 3.05) is 11.9 Å². The van der Waals surface area contributed by atoms with Crippen LogP contribution in [0.4, 0.5) is 14.5 Å². The molecule has 12 heteroatoms. The summed E-state index contributed by atoms with van der Waals surface area (Å²) in [4.78, 5) is 21.8. The smallest absolute Gasteiger partial charge is 0.274 e. The second-order valence-electron chi connectivity index (χ2n) is 8.83. The average Bonchev–Trinajstić information content (AvgIpc) is 3.58. The maximum atomic E-state index is 13.2. The third-order valence-corrected chi connectivity index (χ3v) is 6.33. The molecule has 4 heterocycles. The number of imidazole rings is 1. The standard InChI is InChI=1S/C23H20F2N8O2/c1-12-2-3-14(20-29-22(35-31-20)15-8-23(24,25)9-15)6-16(12)28-21(34)18-11-26-19-7-13(4-5-33(18)19)17-10-27-32-30-17/h2-7,11,15,17H,8-10H2,1H3,(H,27,30)(H,28,34). The van der Waals surface area contributed by atoms with Crippen molar-refractivity contribution in [3.8, 4) is 11.4 Å². The number of halogens is 2. The number of fused-ring (bicyclic) bond motifs is 1. The molecule has 0 saturated heterocycles. The molecule has 1 saturated carbocycles. The van der Waals surface area contributed by atoms with Crippen LogP contribution in [0.2, 0.25) is 0 Å². The summed E-state index contributed by atoms with van der Waals surface area (Å²) in [6.07, 6.45) is 2.73. The number of benzene rings is 1. The quantitative estimate of drug-likeness (QED) is 0.436. The van der Waals surface area contributed by atoms with Crippen molar-refractivity contribution < 1.29 is 18.1 Å². The number of carbonyl (C=O) groups is 1. The Morgan fingerprint density at radius 3 is 2.89 bits per heavy atom. The van der Waals surface area contributed by atoms with Crippen molar-refractivity contribution >= 4 is 17.2 Å². The van der Waals surface area contributed by atoms with Gasteiger partial charge in [0, 0.05) is 36.2 Å². The molecule has 0 bridgehead atoms. The van der Waals surface area contributed by atoms with Crippen LogP contribution in [0.25, 0.3) is 17.0 Å². The van der Waals surface area contributed by atoms with E-state index in [1.165, 1.54) is 6.20 Å². The van der Waals surface area contributed by atoms with E-state index in [-0.39, 0.29) is 36.5 Å². The summed E-state index contributed by atoms with van der Waals surface area (Å²) in [5, 5.41) is 14.8. The monoisotopic (exact) mass is 478 g/mol. The first-order valence-electron chi connectivity index (χ1n) is 11.1. The van der Waals surface area contributed by atoms with Gasteiger partial charge in [0.1, 0.15) is 17.4 Å². The number of rotatable bonds is 5. The minimum Gasteiger partial charge on any atom is -0.339 e. The minimum atomic E-state index is -2.67. The molecule has 10 nitrogen and oxygen atoms in total. The summed E-state index contributed by atoms with van der Waals surface area (Å²) < 4.78 is 33.3. The highest BCUT2D eigenvalue weighted by Gasteiger charge is 2.48. The molecule has 0 radical (unpaired) electrons. The van der Waals surface area contributed by atoms with Gasteiger partial charge in [-0.25, -0.2) is 13.8 Å². The molecule has 178 valence electrons. The van der Waals surface area contributed by atoms with Gasteiger partial charge in [0.25, 0.3) is 5.91 Å². The van der Waals surface area contributed by atoms with E-state index >= 15 is 0 Å². The molecule has 1 fully saturated rings. The Bertz CT molecular complexity index is 1470. The van der Waals surface area contributed by atoms with Gasteiger partial charge in [-0.15, -0.1) is 0 Å². The van der Waals surface area contributed by atoms with Crippen LogP contribution in [0.1, 0.15) is 52.3 Å². The predicted molar refractivity (Wildman–Crippen MR) is 120 cm³/mol. The molecule has 1 aliphatic carbocycles. The number of alkyl halides is 2. The number of carbonyl (C=O) groups excluding carboxylic acids is 1. The number of aryl methyl sites for hydroxylation is 1. The Kier molecular flexibility index (Phi) is 4.83. The SMILES string of the molecule is Cc1ccc(-c2noc(C3CC(F)(F)C3)n2)cc1NC(=O)c1cnc2cc(C3CNN=N3)ccn12. The highest BCUT2D eigenvalue weighted by Crippen LogP contribution is 2.48. The molecule has 35 heavy (non-hydrogen) atoms. The van der Waals surface area contributed by atoms with E-state index in [0.29, 0.717) is 29.1 Å². The molecule has 1 atom stereocenters. The van der Waals surface area contributed by atoms with Crippen LogP contribution in [0.3, 0.4) is 0 Å². The number of anilines is 1. The van der Waals surface area contributed by atoms with Crippen molar-refractivity contribution in [2.24, 2.45) is 10.3 Å². The Morgan fingerprint density at radius 1 is 1.26 bits per heavy atom. The highest BCUT2D eigenvalue weighted by atomic mass is 19.3. The fourth-order valence-electron chi connectivity index (χ4n) is 4.27. The number of nitrogens with one attached hydrogen (secondary N) is 2. The first kappa shape index (κ1) is 21.3. The van der Waals surface area contributed by atoms with Crippen LogP contribution in [0.5, 0.6) is 0 Å². The maximum Gasteiger partial charge on any atom is 0.274 e. The van der Waals surface area contributed by atoms with Gasteiger partial charge in [0.2, 0.25) is 17.6 Å². The van der Waals surface area contributed by atoms with E-state index in [0.717, 1.165) is 11.1 Å². The van der Waals surface area contributed by atoms with Crippen LogP contribution in [0, 0.1) is 6.92 Å². The molecule has 1 amide bonds. The average molecular weight is 478 g/mol. The molecule has 1 aromatic carbocycles. The summed E-state index contributed by atoms with van der Waals surface area (Å²) >= 11 is 0. The summed E-state index contributed by atoms with van der Waals surface area (Å²) in [7, 11) is 0. The Labute approximate surface area is 197 Å². The third kappa shape index (κ3) is 3.90. The largest absolute Gasteiger partial charge is 0.339 e. The van der Waals surface area contributed by atoms with Gasteiger partial charge < -0.3 is 9.84 Å². The molecular formula is C23H20F2N8O2. The van der Waals surface area contributed by atoms with Crippen molar-refractivity contribution in [3.63, 3.8) is 0 Å². The van der Waals surface area contributed by atoms with E-state index in [2.05, 4.69) is 36.2 Å². The van der Waals surface area contributed by atoms with E-state index in [4.69, 9.17) is 4.52 Å². The number of aromatic nitrogens is 4. The number of pyridine rings is 1. The number of hydrogen-bond donors (Lipinski definition) is 2. The Morgan fingerprint density at radius 2 is 2.11 bits per heavy atom. The minimum absolute atomic E-state index is 0.0780. The van der Waals surface area contributed by atoms with Crippen LogP contribution in [-0.4, -0.2) is 37.9 Å². The lowest BCUT2D eigenvalue weighted by Gasteiger charge is -2.31. The van der Waals surface area contributed by atoms with Gasteiger partial charge in [0.05, 0.1) is 12.7 Å². The first-order valence-corrected chi connectivity index (χ1v) is 11.1. The van der Waals surface area contributed by atoms with Crippen LogP contribution >= 0.6 is 0 Å². The normalized spacial score (nSPS) is 19.0. The summed E-state index contributed by atoms with van der Waals surface area (Å²) in [5.41, 5.74) is 6.79. The summed E-state index contributed by atoms with van der Waals surface area (Å²) in [6, 6.07) is 9.04. The van der Waals surface area contributed by atoms with Crippen molar-refractivity contribution in [3.05, 3.63) is 65.4 Å². The molecule has 2 N–H and O–H groups in total. The van der Waals surface area contributed by atoms with Crippen LogP contribution < -0.4 is 10.7 Å². The molecule has 3 aromatic heterocycles. The lowest BCUT2D eigenvalue weighted by Crippen LogP contribution is -2.33. The topological polar surface area (TPSA) is 122 Å². The zero-order valence-corrected chi connectivity index (χ0v) is 18.6. The highest BCUT2D eigenvalue weighted by molar-refractivity contribution is 6.04. The second-order valence-corrected chi connectivity index (χ2v) is 8.83. The molecule has 2 aliphatic rings. The lowest BCUT2D eigenvalue weighted by atomic mass is 9.81. The van der Waals surface area contributed by atoms with Crippen molar-refractivity contribution in [1.29, 1.82) is 0 Å². The lowest BCUT2D eigenvalue weighted by molar-refractivity contribution is -0.0925. The zero-order chi connectivity index (χ0) is 24.2. The molecule has 1 aliphatic heterocycles. The molecule has 4 aromatic rings. The molecule has 0 spiro atoms. The molecule has 6 rings (SSSR count). The van der Waals surface area contributed by atoms with Gasteiger partial charge in [-0.2, -0.15) is 10.1 Å². The number of amides is 1. The van der Waals surface area contributed by atoms with E-state index < -0.39 is 11.8 Å². The Balaban J connectivity index is 1.22. The van der Waals surface area contributed by atoms with Crippen LogP contribution in [0.15, 0.2) is 57.6 Å². The van der Waals surface area contributed by atoms with Gasteiger partial charge in [-0.1, -0.05) is 22.5 Å². The Hall–Kier alpha value is -4.22. The summed E-state index contributed by atoms with van der Waals surface area (Å²) in [5.74, 6) is -2.94. The first-order chi connectivity index (χ1) is 16.9.